The van der Waals surface area contributed by atoms with Gasteiger partial charge in [0.25, 0.3) is 0 Å². The van der Waals surface area contributed by atoms with Crippen molar-refractivity contribution >= 4 is 0 Å². The van der Waals surface area contributed by atoms with Gasteiger partial charge < -0.3 is 14.8 Å². The minimum absolute atomic E-state index is 0.287. The van der Waals surface area contributed by atoms with Crippen molar-refractivity contribution in [3.8, 4) is 5.75 Å². The van der Waals surface area contributed by atoms with Crippen LogP contribution in [0.3, 0.4) is 0 Å². The van der Waals surface area contributed by atoms with Crippen LogP contribution < -0.4 is 10.1 Å². The normalized spacial score (nSPS) is 24.4. The van der Waals surface area contributed by atoms with E-state index in [2.05, 4.69) is 24.4 Å². The van der Waals surface area contributed by atoms with E-state index in [0.29, 0.717) is 12.0 Å². The monoisotopic (exact) mass is 249 g/mol. The topological polar surface area (TPSA) is 30.5 Å². The van der Waals surface area contributed by atoms with Gasteiger partial charge in [0.2, 0.25) is 0 Å². The fourth-order valence-corrected chi connectivity index (χ4v) is 2.46. The minimum Gasteiger partial charge on any atom is -0.496 e. The molecule has 1 aromatic carbocycles. The summed E-state index contributed by atoms with van der Waals surface area (Å²) in [6.45, 7) is 3.02. The summed E-state index contributed by atoms with van der Waals surface area (Å²) in [4.78, 5) is 0. The van der Waals surface area contributed by atoms with E-state index in [1.807, 2.05) is 12.1 Å². The fraction of sp³-hybridized carbons (Fsp3) is 0.600. The highest BCUT2D eigenvalue weighted by molar-refractivity contribution is 5.37. The summed E-state index contributed by atoms with van der Waals surface area (Å²) in [5, 5.41) is 3.54. The van der Waals surface area contributed by atoms with Crippen LogP contribution in [0.15, 0.2) is 24.3 Å². The highest BCUT2D eigenvalue weighted by Gasteiger charge is 2.31. The summed E-state index contributed by atoms with van der Waals surface area (Å²) in [5.41, 5.74) is 1.35. The van der Waals surface area contributed by atoms with Crippen LogP contribution in [-0.4, -0.2) is 32.9 Å². The van der Waals surface area contributed by atoms with Gasteiger partial charge in [-0.05, 0) is 37.3 Å². The van der Waals surface area contributed by atoms with Crippen molar-refractivity contribution < 1.29 is 9.47 Å². The predicted molar refractivity (Wildman–Crippen MR) is 73.2 cm³/mol. The van der Waals surface area contributed by atoms with Gasteiger partial charge in [-0.25, -0.2) is 0 Å². The summed E-state index contributed by atoms with van der Waals surface area (Å²) < 4.78 is 10.6. The number of para-hydroxylation sites is 1. The molecule has 0 radical (unpaired) electrons. The lowest BCUT2D eigenvalue weighted by molar-refractivity contribution is 0.108. The highest BCUT2D eigenvalue weighted by Crippen LogP contribution is 2.40. The third kappa shape index (κ3) is 3.03. The van der Waals surface area contributed by atoms with E-state index in [-0.39, 0.29) is 6.10 Å². The van der Waals surface area contributed by atoms with E-state index < -0.39 is 0 Å². The first-order valence-corrected chi connectivity index (χ1v) is 6.63. The van der Waals surface area contributed by atoms with Crippen molar-refractivity contribution in [2.45, 2.75) is 37.8 Å². The van der Waals surface area contributed by atoms with Crippen LogP contribution >= 0.6 is 0 Å². The van der Waals surface area contributed by atoms with Crippen LogP contribution in [-0.2, 0) is 4.74 Å². The molecule has 1 N–H and O–H groups in total. The molecule has 1 aliphatic rings. The van der Waals surface area contributed by atoms with E-state index in [9.17, 15) is 0 Å². The van der Waals surface area contributed by atoms with Crippen LogP contribution in [0.4, 0.5) is 0 Å². The molecule has 0 aliphatic heterocycles. The molecule has 0 spiro atoms. The number of ether oxygens (including phenoxy) is 2. The third-order valence-corrected chi connectivity index (χ3v) is 3.81. The highest BCUT2D eigenvalue weighted by atomic mass is 16.5. The quantitative estimate of drug-likeness (QED) is 0.840. The first-order valence-electron chi connectivity index (χ1n) is 6.63. The molecule has 3 nitrogen and oxygen atoms in total. The first-order chi connectivity index (χ1) is 8.74. The number of hydrogen-bond acceptors (Lipinski definition) is 3. The summed E-state index contributed by atoms with van der Waals surface area (Å²) in [7, 11) is 3.50. The predicted octanol–water partition coefficient (Wildman–Crippen LogP) is 2.57. The van der Waals surface area contributed by atoms with Gasteiger partial charge in [-0.3, -0.25) is 0 Å². The van der Waals surface area contributed by atoms with Gasteiger partial charge in [-0.2, -0.15) is 0 Å². The Bertz CT molecular complexity index is 375. The Balaban J connectivity index is 1.81. The van der Waals surface area contributed by atoms with Crippen molar-refractivity contribution in [1.82, 2.24) is 5.32 Å². The van der Waals surface area contributed by atoms with Crippen LogP contribution in [0.1, 0.15) is 31.2 Å². The van der Waals surface area contributed by atoms with Crippen LogP contribution in [0.2, 0.25) is 0 Å². The van der Waals surface area contributed by atoms with Gasteiger partial charge in [-0.15, -0.1) is 0 Å². The Hall–Kier alpha value is -1.06. The van der Waals surface area contributed by atoms with Crippen molar-refractivity contribution in [3.63, 3.8) is 0 Å². The molecule has 0 bridgehead atoms. The van der Waals surface area contributed by atoms with Crippen LogP contribution in [0.5, 0.6) is 5.75 Å². The van der Waals surface area contributed by atoms with Crippen LogP contribution in [0.25, 0.3) is 0 Å². The molecule has 0 aromatic heterocycles. The molecule has 100 valence electrons. The number of benzene rings is 1. The molecule has 0 heterocycles. The second-order valence-electron chi connectivity index (χ2n) is 5.06. The van der Waals surface area contributed by atoms with Gasteiger partial charge in [-0.1, -0.05) is 18.2 Å². The molecule has 1 atom stereocenters. The molecule has 1 unspecified atom stereocenters. The Morgan fingerprint density at radius 1 is 1.28 bits per heavy atom. The van der Waals surface area contributed by atoms with E-state index in [1.54, 1.807) is 14.2 Å². The molecule has 1 aromatic rings. The third-order valence-electron chi connectivity index (χ3n) is 3.81. The second-order valence-corrected chi connectivity index (χ2v) is 5.06. The number of hydrogen-bond donors (Lipinski definition) is 1. The molecule has 18 heavy (non-hydrogen) atoms. The van der Waals surface area contributed by atoms with Gasteiger partial charge >= 0.3 is 0 Å². The van der Waals surface area contributed by atoms with Crippen molar-refractivity contribution in [2.75, 3.05) is 20.8 Å². The van der Waals surface area contributed by atoms with E-state index in [4.69, 9.17) is 9.47 Å². The summed E-state index contributed by atoms with van der Waals surface area (Å²) in [6, 6.07) is 8.96. The van der Waals surface area contributed by atoms with E-state index in [1.165, 1.54) is 18.4 Å². The minimum atomic E-state index is 0.287. The Morgan fingerprint density at radius 2 is 2.00 bits per heavy atom. The average molecular weight is 249 g/mol. The molecule has 1 fully saturated rings. The zero-order valence-electron chi connectivity index (χ0n) is 11.5. The smallest absolute Gasteiger partial charge is 0.122 e. The molecule has 1 aliphatic carbocycles. The summed E-state index contributed by atoms with van der Waals surface area (Å²) in [5.74, 6) is 1.66. The van der Waals surface area contributed by atoms with Gasteiger partial charge in [0, 0.05) is 19.7 Å². The summed E-state index contributed by atoms with van der Waals surface area (Å²) >= 11 is 0. The Morgan fingerprint density at radius 3 is 2.67 bits per heavy atom. The molecule has 0 saturated heterocycles. The molecule has 0 amide bonds. The average Bonchev–Trinajstić information content (AvgIpc) is 2.37. The van der Waals surface area contributed by atoms with E-state index >= 15 is 0 Å². The summed E-state index contributed by atoms with van der Waals surface area (Å²) in [6.07, 6.45) is 2.67. The Labute approximate surface area is 109 Å². The lowest BCUT2D eigenvalue weighted by atomic mass is 9.75. The van der Waals surface area contributed by atoms with E-state index in [0.717, 1.165) is 12.3 Å². The fourth-order valence-electron chi connectivity index (χ4n) is 2.46. The van der Waals surface area contributed by atoms with Crippen molar-refractivity contribution in [1.29, 1.82) is 0 Å². The first kappa shape index (κ1) is 13.4. The zero-order chi connectivity index (χ0) is 13.0. The number of methoxy groups -OCH3 is 2. The number of nitrogens with one attached hydrogen (secondary N) is 1. The molecular formula is C15H23NO2. The van der Waals surface area contributed by atoms with Crippen molar-refractivity contribution in [2.24, 2.45) is 0 Å². The lowest BCUT2D eigenvalue weighted by Crippen LogP contribution is -2.43. The second kappa shape index (κ2) is 6.21. The molecule has 3 heteroatoms. The molecular weight excluding hydrogens is 226 g/mol. The van der Waals surface area contributed by atoms with Gasteiger partial charge in [0.1, 0.15) is 5.75 Å². The molecule has 2 rings (SSSR count). The van der Waals surface area contributed by atoms with Crippen LogP contribution in [0, 0.1) is 0 Å². The largest absolute Gasteiger partial charge is 0.496 e. The Kier molecular flexibility index (Phi) is 4.61. The number of rotatable bonds is 6. The van der Waals surface area contributed by atoms with Gasteiger partial charge in [0.05, 0.1) is 13.2 Å². The maximum atomic E-state index is 5.41. The van der Waals surface area contributed by atoms with Crippen molar-refractivity contribution in [3.05, 3.63) is 29.8 Å². The maximum absolute atomic E-state index is 5.41. The maximum Gasteiger partial charge on any atom is 0.122 e. The zero-order valence-corrected chi connectivity index (χ0v) is 11.5. The standard InChI is InChI=1S/C15H23NO2/c1-11(17-2)10-16-13-8-12(9-13)14-6-4-5-7-15(14)18-3/h4-7,11-13,16H,8-10H2,1-3H3. The molecule has 1 saturated carbocycles. The van der Waals surface area contributed by atoms with Gasteiger partial charge in [0.15, 0.2) is 0 Å². The SMILES string of the molecule is COc1ccccc1C1CC(NCC(C)OC)C1. The lowest BCUT2D eigenvalue weighted by Gasteiger charge is -2.37.